The fraction of sp³-hybridized carbons (Fsp3) is 0.292. The smallest absolute Gasteiger partial charge is 0.0708 e. The van der Waals surface area contributed by atoms with Crippen LogP contribution in [-0.4, -0.2) is 4.98 Å². The van der Waals surface area contributed by atoms with E-state index in [1.807, 2.05) is 6.20 Å². The number of benzene rings is 2. The van der Waals surface area contributed by atoms with Gasteiger partial charge in [0.05, 0.1) is 5.69 Å². The summed E-state index contributed by atoms with van der Waals surface area (Å²) in [6.45, 7) is 11.2. The van der Waals surface area contributed by atoms with Crippen molar-refractivity contribution < 1.29 is 0 Å². The molecular weight excluding hydrogens is 302 g/mol. The van der Waals surface area contributed by atoms with Crippen molar-refractivity contribution in [1.82, 2.24) is 4.98 Å². The Balaban J connectivity index is 2.02. The molecule has 128 valence electrons. The van der Waals surface area contributed by atoms with Crippen molar-refractivity contribution in [3.8, 4) is 22.4 Å². The first-order valence-corrected chi connectivity index (χ1v) is 8.95. The Bertz CT molecular complexity index is 864. The van der Waals surface area contributed by atoms with Gasteiger partial charge in [-0.1, -0.05) is 57.2 Å². The first kappa shape index (κ1) is 17.4. The van der Waals surface area contributed by atoms with Gasteiger partial charge >= 0.3 is 0 Å². The third-order valence-electron chi connectivity index (χ3n) is 4.49. The van der Waals surface area contributed by atoms with Gasteiger partial charge in [0.25, 0.3) is 0 Å². The molecule has 1 nitrogen and oxygen atoms in total. The lowest BCUT2D eigenvalue weighted by Gasteiger charge is -2.18. The van der Waals surface area contributed by atoms with Crippen LogP contribution in [-0.2, 0) is 6.42 Å². The van der Waals surface area contributed by atoms with Crippen LogP contribution in [0.5, 0.6) is 0 Å². The molecule has 0 amide bonds. The molecule has 25 heavy (non-hydrogen) atoms. The monoisotopic (exact) mass is 329 g/mol. The van der Waals surface area contributed by atoms with Gasteiger partial charge in [0.15, 0.2) is 0 Å². The maximum Gasteiger partial charge on any atom is 0.0708 e. The van der Waals surface area contributed by atoms with Crippen molar-refractivity contribution in [2.24, 2.45) is 5.41 Å². The lowest BCUT2D eigenvalue weighted by molar-refractivity contribution is 0.411. The van der Waals surface area contributed by atoms with Gasteiger partial charge in [-0.05, 0) is 71.7 Å². The van der Waals surface area contributed by atoms with Crippen molar-refractivity contribution in [3.05, 3.63) is 77.5 Å². The van der Waals surface area contributed by atoms with Crippen LogP contribution in [0, 0.1) is 19.3 Å². The fourth-order valence-electron chi connectivity index (χ4n) is 3.47. The van der Waals surface area contributed by atoms with Gasteiger partial charge in [-0.15, -0.1) is 0 Å². The number of aryl methyl sites for hydroxylation is 2. The van der Waals surface area contributed by atoms with Crippen LogP contribution in [0.25, 0.3) is 22.4 Å². The Morgan fingerprint density at radius 2 is 1.48 bits per heavy atom. The zero-order chi connectivity index (χ0) is 18.0. The summed E-state index contributed by atoms with van der Waals surface area (Å²) in [7, 11) is 0. The maximum absolute atomic E-state index is 4.63. The Morgan fingerprint density at radius 1 is 0.800 bits per heavy atom. The largest absolute Gasteiger partial charge is 0.256 e. The van der Waals surface area contributed by atoms with E-state index in [2.05, 4.69) is 94.2 Å². The predicted molar refractivity (Wildman–Crippen MR) is 108 cm³/mol. The van der Waals surface area contributed by atoms with Gasteiger partial charge in [-0.25, -0.2) is 0 Å². The topological polar surface area (TPSA) is 12.9 Å². The number of pyridine rings is 1. The van der Waals surface area contributed by atoms with E-state index < -0.39 is 0 Å². The van der Waals surface area contributed by atoms with Gasteiger partial charge in [0.2, 0.25) is 0 Å². The fourth-order valence-corrected chi connectivity index (χ4v) is 3.47. The summed E-state index contributed by atoms with van der Waals surface area (Å²) in [5.74, 6) is 0. The molecule has 1 aromatic heterocycles. The summed E-state index contributed by atoms with van der Waals surface area (Å²) in [4.78, 5) is 4.63. The average molecular weight is 329 g/mol. The number of hydrogen-bond acceptors (Lipinski definition) is 1. The molecule has 0 aliphatic rings. The van der Waals surface area contributed by atoms with E-state index in [-0.39, 0.29) is 5.41 Å². The number of nitrogens with zero attached hydrogens (tertiary/aromatic N) is 1. The van der Waals surface area contributed by atoms with E-state index >= 15 is 0 Å². The van der Waals surface area contributed by atoms with Gasteiger partial charge in [-0.3, -0.25) is 4.98 Å². The van der Waals surface area contributed by atoms with Crippen LogP contribution >= 0.6 is 0 Å². The van der Waals surface area contributed by atoms with Gasteiger partial charge in [0.1, 0.15) is 0 Å². The van der Waals surface area contributed by atoms with E-state index in [1.165, 1.54) is 33.4 Å². The summed E-state index contributed by atoms with van der Waals surface area (Å²) in [5, 5.41) is 0. The number of rotatable bonds is 3. The Hall–Kier alpha value is -2.41. The first-order chi connectivity index (χ1) is 11.8. The molecule has 2 aromatic carbocycles. The van der Waals surface area contributed by atoms with Crippen molar-refractivity contribution in [2.75, 3.05) is 0 Å². The average Bonchev–Trinajstić information content (AvgIpc) is 2.54. The molecule has 0 unspecified atom stereocenters. The highest BCUT2D eigenvalue weighted by atomic mass is 14.7. The molecule has 0 atom stereocenters. The van der Waals surface area contributed by atoms with E-state index in [0.717, 1.165) is 12.1 Å². The molecule has 0 aliphatic carbocycles. The van der Waals surface area contributed by atoms with Crippen molar-refractivity contribution in [3.63, 3.8) is 0 Å². The summed E-state index contributed by atoms with van der Waals surface area (Å²) in [5.41, 5.74) is 9.04. The highest BCUT2D eigenvalue weighted by Crippen LogP contribution is 2.30. The molecule has 3 rings (SSSR count). The Morgan fingerprint density at radius 3 is 2.16 bits per heavy atom. The third kappa shape index (κ3) is 4.17. The zero-order valence-electron chi connectivity index (χ0n) is 15.9. The summed E-state index contributed by atoms with van der Waals surface area (Å²) in [6, 6.07) is 19.6. The third-order valence-corrected chi connectivity index (χ3v) is 4.49. The van der Waals surface area contributed by atoms with Crippen molar-refractivity contribution in [2.45, 2.75) is 41.0 Å². The SMILES string of the molecule is Cc1cccc(C)c1-c1ccnc(-c2cccc(CC(C)(C)C)c2)c1. The second-order valence-corrected chi connectivity index (χ2v) is 8.13. The second kappa shape index (κ2) is 6.84. The van der Waals surface area contributed by atoms with Crippen LogP contribution in [0.2, 0.25) is 0 Å². The molecule has 0 bridgehead atoms. The van der Waals surface area contributed by atoms with E-state index in [0.29, 0.717) is 0 Å². The lowest BCUT2D eigenvalue weighted by Crippen LogP contribution is -2.09. The molecule has 0 N–H and O–H groups in total. The molecule has 0 radical (unpaired) electrons. The van der Waals surface area contributed by atoms with Gasteiger partial charge in [-0.2, -0.15) is 0 Å². The highest BCUT2D eigenvalue weighted by molar-refractivity contribution is 5.74. The number of aromatic nitrogens is 1. The molecule has 0 saturated carbocycles. The first-order valence-electron chi connectivity index (χ1n) is 8.95. The standard InChI is InChI=1S/C24H27N/c1-17-8-6-9-18(2)23(17)21-12-13-25-22(15-21)20-11-7-10-19(14-20)16-24(3,4)5/h6-15H,16H2,1-5H3. The van der Waals surface area contributed by atoms with E-state index in [9.17, 15) is 0 Å². The quantitative estimate of drug-likeness (QED) is 0.526. The lowest BCUT2D eigenvalue weighted by atomic mass is 9.87. The van der Waals surface area contributed by atoms with Gasteiger partial charge < -0.3 is 0 Å². The summed E-state index contributed by atoms with van der Waals surface area (Å²) < 4.78 is 0. The maximum atomic E-state index is 4.63. The molecule has 3 aromatic rings. The molecule has 1 heteroatoms. The second-order valence-electron chi connectivity index (χ2n) is 8.13. The molecule has 0 spiro atoms. The normalized spacial score (nSPS) is 11.6. The minimum absolute atomic E-state index is 0.284. The van der Waals surface area contributed by atoms with E-state index in [4.69, 9.17) is 0 Å². The molecule has 0 aliphatic heterocycles. The number of hydrogen-bond donors (Lipinski definition) is 0. The van der Waals surface area contributed by atoms with Crippen LogP contribution in [0.15, 0.2) is 60.8 Å². The summed E-state index contributed by atoms with van der Waals surface area (Å²) in [6.07, 6.45) is 2.99. The highest BCUT2D eigenvalue weighted by Gasteiger charge is 2.12. The van der Waals surface area contributed by atoms with E-state index in [1.54, 1.807) is 0 Å². The Labute approximate surface area is 151 Å². The van der Waals surface area contributed by atoms with Gasteiger partial charge in [0, 0.05) is 11.8 Å². The minimum atomic E-state index is 0.284. The van der Waals surface area contributed by atoms with Crippen LogP contribution in [0.1, 0.15) is 37.5 Å². The Kier molecular flexibility index (Phi) is 4.76. The van der Waals surface area contributed by atoms with Crippen molar-refractivity contribution in [1.29, 1.82) is 0 Å². The summed E-state index contributed by atoms with van der Waals surface area (Å²) >= 11 is 0. The molecule has 1 heterocycles. The van der Waals surface area contributed by atoms with Crippen LogP contribution < -0.4 is 0 Å². The molecule has 0 fully saturated rings. The molecule has 0 saturated heterocycles. The minimum Gasteiger partial charge on any atom is -0.256 e. The van der Waals surface area contributed by atoms with Crippen LogP contribution in [0.3, 0.4) is 0 Å². The zero-order valence-corrected chi connectivity index (χ0v) is 15.9. The van der Waals surface area contributed by atoms with Crippen LogP contribution in [0.4, 0.5) is 0 Å². The van der Waals surface area contributed by atoms with Crippen molar-refractivity contribution >= 4 is 0 Å². The predicted octanol–water partition coefficient (Wildman–Crippen LogP) is 6.62. The molecular formula is C24H27N.